The van der Waals surface area contributed by atoms with Crippen molar-refractivity contribution in [1.29, 1.82) is 0 Å². The quantitative estimate of drug-likeness (QED) is 0.716. The third-order valence-electron chi connectivity index (χ3n) is 1.82. The van der Waals surface area contributed by atoms with Gasteiger partial charge in [-0.25, -0.2) is 0 Å². The molecule has 0 radical (unpaired) electrons. The lowest BCUT2D eigenvalue weighted by Crippen LogP contribution is -2.22. The van der Waals surface area contributed by atoms with Gasteiger partial charge < -0.3 is 5.73 Å². The first-order valence-electron chi connectivity index (χ1n) is 4.67. The number of carbonyl (C=O) groups is 1. The molecule has 0 saturated heterocycles. The normalized spacial score (nSPS) is 15.1. The Morgan fingerprint density at radius 3 is 2.50 bits per heavy atom. The van der Waals surface area contributed by atoms with Crippen molar-refractivity contribution in [3.8, 4) is 0 Å². The van der Waals surface area contributed by atoms with Gasteiger partial charge in [-0.05, 0) is 6.42 Å². The van der Waals surface area contributed by atoms with Crippen LogP contribution in [0.4, 0.5) is 0 Å². The summed E-state index contributed by atoms with van der Waals surface area (Å²) in [7, 11) is 0. The average Bonchev–Trinajstić information content (AvgIpc) is 2.17. The van der Waals surface area contributed by atoms with Crippen molar-refractivity contribution >= 4 is 23.6 Å². The highest BCUT2D eigenvalue weighted by atomic mass is 35.5. The molecule has 0 aliphatic rings. The Bertz CT molecular complexity index is 247. The molecule has 0 aromatic carbocycles. The minimum atomic E-state index is -0.302. The first kappa shape index (κ1) is 13.2. The summed E-state index contributed by atoms with van der Waals surface area (Å²) in [5.41, 5.74) is 5.17. The Kier molecular flexibility index (Phi) is 6.21. The number of ketones is 1. The first-order chi connectivity index (χ1) is 6.52. The molecule has 3 nitrogen and oxygen atoms in total. The van der Waals surface area contributed by atoms with E-state index in [9.17, 15) is 4.79 Å². The van der Waals surface area contributed by atoms with Crippen LogP contribution in [-0.2, 0) is 4.79 Å². The van der Waals surface area contributed by atoms with Gasteiger partial charge in [0, 0.05) is 18.3 Å². The SMILES string of the molecule is CCC(/N=C\C(Cl)=C/N)C(=O)C(C)C. The predicted octanol–water partition coefficient (Wildman–Crippen LogP) is 2.10. The van der Waals surface area contributed by atoms with Gasteiger partial charge in [0.25, 0.3) is 0 Å². The van der Waals surface area contributed by atoms with Gasteiger partial charge in [-0.2, -0.15) is 0 Å². The van der Waals surface area contributed by atoms with Crippen LogP contribution < -0.4 is 5.73 Å². The first-order valence-corrected chi connectivity index (χ1v) is 5.05. The van der Waals surface area contributed by atoms with Gasteiger partial charge >= 0.3 is 0 Å². The van der Waals surface area contributed by atoms with E-state index in [1.165, 1.54) is 12.4 Å². The summed E-state index contributed by atoms with van der Waals surface area (Å²) in [5.74, 6) is 0.128. The number of aliphatic imine (C=N–C) groups is 1. The predicted molar refractivity (Wildman–Crippen MR) is 60.5 cm³/mol. The second-order valence-electron chi connectivity index (χ2n) is 3.31. The van der Waals surface area contributed by atoms with E-state index < -0.39 is 0 Å². The summed E-state index contributed by atoms with van der Waals surface area (Å²) >= 11 is 5.63. The molecule has 80 valence electrons. The molecule has 0 bridgehead atoms. The molecule has 0 aromatic heterocycles. The molecule has 0 amide bonds. The lowest BCUT2D eigenvalue weighted by molar-refractivity contribution is -0.123. The summed E-state index contributed by atoms with van der Waals surface area (Å²) < 4.78 is 0. The molecule has 0 rings (SSSR count). The molecular weight excluding hydrogens is 200 g/mol. The zero-order chi connectivity index (χ0) is 11.1. The van der Waals surface area contributed by atoms with Gasteiger partial charge in [0.15, 0.2) is 5.78 Å². The van der Waals surface area contributed by atoms with Crippen LogP contribution in [0.5, 0.6) is 0 Å². The third-order valence-corrected chi connectivity index (χ3v) is 2.04. The summed E-state index contributed by atoms with van der Waals surface area (Å²) in [6.07, 6.45) is 3.36. The number of hydrogen-bond acceptors (Lipinski definition) is 3. The Labute approximate surface area is 90.0 Å². The van der Waals surface area contributed by atoms with Crippen molar-refractivity contribution in [2.75, 3.05) is 0 Å². The minimum absolute atomic E-state index is 0.00210. The van der Waals surface area contributed by atoms with Crippen molar-refractivity contribution in [1.82, 2.24) is 0 Å². The van der Waals surface area contributed by atoms with Crippen molar-refractivity contribution in [3.63, 3.8) is 0 Å². The fraction of sp³-hybridized carbons (Fsp3) is 0.600. The Morgan fingerprint density at radius 1 is 1.57 bits per heavy atom. The molecule has 1 atom stereocenters. The second-order valence-corrected chi connectivity index (χ2v) is 3.75. The van der Waals surface area contributed by atoms with Gasteiger partial charge in [0.05, 0.1) is 5.03 Å². The second kappa shape index (κ2) is 6.60. The standard InChI is InChI=1S/C10H17ClN2O/c1-4-9(10(14)7(2)3)13-6-8(11)5-12/h5-7,9H,4,12H2,1-3H3/b8-5+,13-6-. The fourth-order valence-electron chi connectivity index (χ4n) is 0.969. The number of nitrogens with zero attached hydrogens (tertiary/aromatic N) is 1. The highest BCUT2D eigenvalue weighted by Crippen LogP contribution is 2.07. The van der Waals surface area contributed by atoms with E-state index in [-0.39, 0.29) is 17.7 Å². The lowest BCUT2D eigenvalue weighted by atomic mass is 10.0. The van der Waals surface area contributed by atoms with Gasteiger partial charge in [0.2, 0.25) is 0 Å². The van der Waals surface area contributed by atoms with Crippen molar-refractivity contribution < 1.29 is 4.79 Å². The van der Waals surface area contributed by atoms with Gasteiger partial charge in [0.1, 0.15) is 6.04 Å². The van der Waals surface area contributed by atoms with Crippen molar-refractivity contribution in [2.24, 2.45) is 16.6 Å². The molecule has 0 saturated carbocycles. The molecule has 0 aliphatic carbocycles. The topological polar surface area (TPSA) is 55.4 Å². The van der Waals surface area contributed by atoms with Crippen LogP contribution in [0.2, 0.25) is 0 Å². The molecule has 4 heteroatoms. The maximum atomic E-state index is 11.6. The number of carbonyl (C=O) groups excluding carboxylic acids is 1. The van der Waals surface area contributed by atoms with E-state index in [1.807, 2.05) is 20.8 Å². The lowest BCUT2D eigenvalue weighted by Gasteiger charge is -2.10. The van der Waals surface area contributed by atoms with Gasteiger partial charge in [-0.15, -0.1) is 0 Å². The summed E-state index contributed by atoms with van der Waals surface area (Å²) in [6, 6.07) is -0.302. The largest absolute Gasteiger partial charge is 0.403 e. The van der Waals surface area contributed by atoms with E-state index in [2.05, 4.69) is 4.99 Å². The number of Topliss-reactive ketones (excluding diaryl/α,β-unsaturated/α-hetero) is 1. The molecule has 2 N–H and O–H groups in total. The highest BCUT2D eigenvalue weighted by molar-refractivity contribution is 6.39. The molecule has 0 spiro atoms. The maximum Gasteiger partial charge on any atom is 0.159 e. The molecule has 14 heavy (non-hydrogen) atoms. The maximum absolute atomic E-state index is 11.6. The number of halogens is 1. The monoisotopic (exact) mass is 216 g/mol. The molecule has 1 unspecified atom stereocenters. The van der Waals surface area contributed by atoms with Crippen LogP contribution in [0.15, 0.2) is 16.2 Å². The smallest absolute Gasteiger partial charge is 0.159 e. The zero-order valence-corrected chi connectivity index (χ0v) is 9.58. The van der Waals surface area contributed by atoms with Crippen molar-refractivity contribution in [3.05, 3.63) is 11.2 Å². The fourth-order valence-corrected chi connectivity index (χ4v) is 1.03. The summed E-state index contributed by atoms with van der Waals surface area (Å²) in [6.45, 7) is 5.64. The van der Waals surface area contributed by atoms with Crippen LogP contribution >= 0.6 is 11.6 Å². The highest BCUT2D eigenvalue weighted by Gasteiger charge is 2.17. The average molecular weight is 217 g/mol. The number of allylic oxidation sites excluding steroid dienone is 1. The van der Waals surface area contributed by atoms with E-state index in [4.69, 9.17) is 17.3 Å². The van der Waals surface area contributed by atoms with Crippen LogP contribution in [0, 0.1) is 5.92 Å². The molecular formula is C10H17ClN2O. The Hall–Kier alpha value is -0.830. The van der Waals surface area contributed by atoms with E-state index >= 15 is 0 Å². The summed E-state index contributed by atoms with van der Waals surface area (Å²) in [4.78, 5) is 15.6. The molecule has 0 fully saturated rings. The number of rotatable bonds is 5. The Morgan fingerprint density at radius 2 is 2.14 bits per heavy atom. The van der Waals surface area contributed by atoms with Crippen LogP contribution in [-0.4, -0.2) is 18.0 Å². The summed E-state index contributed by atoms with van der Waals surface area (Å²) in [5, 5.41) is 0.347. The zero-order valence-electron chi connectivity index (χ0n) is 8.83. The molecule has 0 heterocycles. The minimum Gasteiger partial charge on any atom is -0.403 e. The molecule has 0 aliphatic heterocycles. The van der Waals surface area contributed by atoms with E-state index in [0.29, 0.717) is 11.5 Å². The van der Waals surface area contributed by atoms with Crippen LogP contribution in [0.1, 0.15) is 27.2 Å². The van der Waals surface area contributed by atoms with Crippen LogP contribution in [0.3, 0.4) is 0 Å². The van der Waals surface area contributed by atoms with Crippen LogP contribution in [0.25, 0.3) is 0 Å². The van der Waals surface area contributed by atoms with E-state index in [1.54, 1.807) is 0 Å². The third kappa shape index (κ3) is 4.42. The number of hydrogen-bond donors (Lipinski definition) is 1. The Balaban J connectivity index is 4.44. The number of nitrogens with two attached hydrogens (primary N) is 1. The van der Waals surface area contributed by atoms with Crippen molar-refractivity contribution in [2.45, 2.75) is 33.2 Å². The van der Waals surface area contributed by atoms with E-state index in [0.717, 1.165) is 0 Å². The van der Waals surface area contributed by atoms with Gasteiger partial charge in [-0.3, -0.25) is 9.79 Å². The molecule has 0 aromatic rings. The van der Waals surface area contributed by atoms with Gasteiger partial charge in [-0.1, -0.05) is 32.4 Å².